The molecule has 7 nitrogen and oxygen atoms in total. The molecule has 9 heteroatoms. The molecule has 0 unspecified atom stereocenters. The van der Waals surface area contributed by atoms with E-state index >= 15 is 0 Å². The number of fused-ring (bicyclic) bond motifs is 2. The van der Waals surface area contributed by atoms with E-state index in [0.717, 1.165) is 5.39 Å². The maximum Gasteiger partial charge on any atom is 0.282 e. The molecular formula is C28H23BrClN3O4. The first-order valence-electron chi connectivity index (χ1n) is 11.7. The standard InChI is InChI=1S/C28H23BrClN3O4/c1-4-35-22-14-18(24(29)25(30)26(22)36-16(2)3)15-31-33-27(23-13-17-9-5-8-12-21(17)37-23)32-20-11-7-6-10-19(20)28(33)34/h5-16H,4H2,1-3H3. The zero-order chi connectivity index (χ0) is 26.1. The van der Waals surface area contributed by atoms with Crippen LogP contribution < -0.4 is 15.0 Å². The predicted molar refractivity (Wildman–Crippen MR) is 150 cm³/mol. The van der Waals surface area contributed by atoms with Gasteiger partial charge in [-0.25, -0.2) is 4.98 Å². The Hall–Kier alpha value is -3.62. The average molecular weight is 581 g/mol. The van der Waals surface area contributed by atoms with Crippen LogP contribution in [0, 0.1) is 0 Å². The van der Waals surface area contributed by atoms with E-state index in [0.29, 0.717) is 55.4 Å². The smallest absolute Gasteiger partial charge is 0.282 e. The molecule has 2 aromatic heterocycles. The molecule has 37 heavy (non-hydrogen) atoms. The van der Waals surface area contributed by atoms with Crippen molar-refractivity contribution in [2.24, 2.45) is 5.10 Å². The van der Waals surface area contributed by atoms with Crippen molar-refractivity contribution in [1.82, 2.24) is 9.66 Å². The summed E-state index contributed by atoms with van der Waals surface area (Å²) >= 11 is 10.2. The molecule has 3 aromatic carbocycles. The second-order valence-corrected chi connectivity index (χ2v) is 9.65. The first-order valence-corrected chi connectivity index (χ1v) is 12.9. The molecule has 0 aliphatic heterocycles. The Kier molecular flexibility index (Phi) is 7.04. The summed E-state index contributed by atoms with van der Waals surface area (Å²) in [5.74, 6) is 1.62. The number of benzene rings is 3. The molecular weight excluding hydrogens is 558 g/mol. The van der Waals surface area contributed by atoms with Crippen LogP contribution in [0.15, 0.2) is 79.4 Å². The Bertz CT molecular complexity index is 1670. The zero-order valence-electron chi connectivity index (χ0n) is 20.4. The van der Waals surface area contributed by atoms with Crippen LogP contribution in [0.3, 0.4) is 0 Å². The quantitative estimate of drug-likeness (QED) is 0.189. The lowest BCUT2D eigenvalue weighted by Crippen LogP contribution is -2.20. The van der Waals surface area contributed by atoms with E-state index in [1.165, 1.54) is 10.9 Å². The number of nitrogens with zero attached hydrogens (tertiary/aromatic N) is 3. The van der Waals surface area contributed by atoms with Gasteiger partial charge >= 0.3 is 0 Å². The van der Waals surface area contributed by atoms with Gasteiger partial charge in [-0.05, 0) is 67.0 Å². The Morgan fingerprint density at radius 2 is 1.92 bits per heavy atom. The Morgan fingerprint density at radius 1 is 1.16 bits per heavy atom. The second kappa shape index (κ2) is 10.4. The van der Waals surface area contributed by atoms with Crippen molar-refractivity contribution in [1.29, 1.82) is 0 Å². The molecule has 0 radical (unpaired) electrons. The maximum absolute atomic E-state index is 13.5. The van der Waals surface area contributed by atoms with Gasteiger partial charge in [-0.2, -0.15) is 9.78 Å². The largest absolute Gasteiger partial charge is 0.490 e. The normalized spacial score (nSPS) is 11.7. The summed E-state index contributed by atoms with van der Waals surface area (Å²) in [5, 5.41) is 6.22. The van der Waals surface area contributed by atoms with E-state index in [4.69, 9.17) is 30.5 Å². The lowest BCUT2D eigenvalue weighted by molar-refractivity contribution is 0.224. The third kappa shape index (κ3) is 4.86. The lowest BCUT2D eigenvalue weighted by atomic mass is 10.2. The molecule has 5 rings (SSSR count). The fourth-order valence-electron chi connectivity index (χ4n) is 3.91. The van der Waals surface area contributed by atoms with Gasteiger partial charge in [0, 0.05) is 15.4 Å². The highest BCUT2D eigenvalue weighted by Gasteiger charge is 2.20. The molecule has 5 aromatic rings. The first kappa shape index (κ1) is 25.0. The lowest BCUT2D eigenvalue weighted by Gasteiger charge is -2.18. The average Bonchev–Trinajstić information content (AvgIpc) is 3.32. The van der Waals surface area contributed by atoms with Crippen molar-refractivity contribution < 1.29 is 13.9 Å². The first-order chi connectivity index (χ1) is 17.9. The van der Waals surface area contributed by atoms with Gasteiger partial charge in [-0.3, -0.25) is 4.79 Å². The van der Waals surface area contributed by atoms with Crippen LogP contribution in [-0.4, -0.2) is 28.6 Å². The third-order valence-electron chi connectivity index (χ3n) is 5.52. The number of para-hydroxylation sites is 2. The highest BCUT2D eigenvalue weighted by atomic mass is 79.9. The molecule has 0 bridgehead atoms. The fraction of sp³-hybridized carbons (Fsp3) is 0.179. The van der Waals surface area contributed by atoms with E-state index in [9.17, 15) is 4.79 Å². The molecule has 0 atom stereocenters. The number of halogens is 2. The predicted octanol–water partition coefficient (Wildman–Crippen LogP) is 7.29. The molecule has 0 saturated heterocycles. The van der Waals surface area contributed by atoms with Crippen molar-refractivity contribution in [2.75, 3.05) is 6.61 Å². The number of rotatable bonds is 7. The van der Waals surface area contributed by atoms with Crippen LogP contribution in [0.4, 0.5) is 0 Å². The third-order valence-corrected chi connectivity index (χ3v) is 6.96. The maximum atomic E-state index is 13.5. The summed E-state index contributed by atoms with van der Waals surface area (Å²) in [7, 11) is 0. The number of aromatic nitrogens is 2. The van der Waals surface area contributed by atoms with Gasteiger partial charge in [-0.1, -0.05) is 41.9 Å². The second-order valence-electron chi connectivity index (χ2n) is 8.48. The summed E-state index contributed by atoms with van der Waals surface area (Å²) in [6.07, 6.45) is 1.43. The highest BCUT2D eigenvalue weighted by Crippen LogP contribution is 2.42. The van der Waals surface area contributed by atoms with Crippen LogP contribution in [-0.2, 0) is 0 Å². The highest BCUT2D eigenvalue weighted by molar-refractivity contribution is 9.10. The molecule has 0 amide bonds. The fourth-order valence-corrected chi connectivity index (χ4v) is 4.55. The summed E-state index contributed by atoms with van der Waals surface area (Å²) in [5.41, 5.74) is 1.50. The van der Waals surface area contributed by atoms with Crippen LogP contribution in [0.1, 0.15) is 26.3 Å². The molecule has 2 heterocycles. The Labute approximate surface area is 226 Å². The van der Waals surface area contributed by atoms with Crippen LogP contribution >= 0.6 is 27.5 Å². The monoisotopic (exact) mass is 579 g/mol. The van der Waals surface area contributed by atoms with E-state index < -0.39 is 0 Å². The van der Waals surface area contributed by atoms with Crippen molar-refractivity contribution in [3.05, 3.63) is 86.1 Å². The molecule has 188 valence electrons. The van der Waals surface area contributed by atoms with Crippen LogP contribution in [0.2, 0.25) is 5.02 Å². The molecule has 0 fully saturated rings. The minimum Gasteiger partial charge on any atom is -0.490 e. The Morgan fingerprint density at radius 3 is 2.68 bits per heavy atom. The number of furan rings is 1. The van der Waals surface area contributed by atoms with E-state index in [1.54, 1.807) is 24.3 Å². The van der Waals surface area contributed by atoms with Gasteiger partial charge in [0.1, 0.15) is 10.6 Å². The Balaban J connectivity index is 1.69. The molecule has 0 saturated carbocycles. The van der Waals surface area contributed by atoms with Gasteiger partial charge in [0.2, 0.25) is 5.82 Å². The van der Waals surface area contributed by atoms with Crippen molar-refractivity contribution in [2.45, 2.75) is 26.9 Å². The SMILES string of the molecule is CCOc1cc(C=Nn2c(-c3cc4ccccc4o3)nc3ccccc3c2=O)c(Br)c(Cl)c1OC(C)C. The van der Waals surface area contributed by atoms with E-state index in [-0.39, 0.29) is 17.5 Å². The van der Waals surface area contributed by atoms with Gasteiger partial charge in [-0.15, -0.1) is 0 Å². The van der Waals surface area contributed by atoms with Crippen LogP contribution in [0.25, 0.3) is 33.5 Å². The van der Waals surface area contributed by atoms with Crippen LogP contribution in [0.5, 0.6) is 11.5 Å². The summed E-state index contributed by atoms with van der Waals surface area (Å²) in [6, 6.07) is 18.3. The molecule has 0 aliphatic carbocycles. The van der Waals surface area contributed by atoms with Crippen molar-refractivity contribution >= 4 is 55.6 Å². The molecule has 0 spiro atoms. The van der Waals surface area contributed by atoms with Crippen molar-refractivity contribution in [3.63, 3.8) is 0 Å². The molecule has 0 N–H and O–H groups in total. The van der Waals surface area contributed by atoms with Gasteiger partial charge in [0.25, 0.3) is 5.56 Å². The summed E-state index contributed by atoms with van der Waals surface area (Å²) in [4.78, 5) is 18.3. The van der Waals surface area contributed by atoms with Gasteiger partial charge < -0.3 is 13.9 Å². The number of hydrogen-bond acceptors (Lipinski definition) is 6. The minimum atomic E-state index is -0.329. The zero-order valence-corrected chi connectivity index (χ0v) is 22.7. The number of ether oxygens (including phenoxy) is 2. The summed E-state index contributed by atoms with van der Waals surface area (Å²) < 4.78 is 19.5. The van der Waals surface area contributed by atoms with Gasteiger partial charge in [0.05, 0.1) is 29.8 Å². The van der Waals surface area contributed by atoms with Crippen molar-refractivity contribution in [3.8, 4) is 23.1 Å². The molecule has 0 aliphatic rings. The number of hydrogen-bond donors (Lipinski definition) is 0. The summed E-state index contributed by atoms with van der Waals surface area (Å²) in [6.45, 7) is 6.12. The van der Waals surface area contributed by atoms with E-state index in [1.807, 2.05) is 57.2 Å². The topological polar surface area (TPSA) is 78.9 Å². The minimum absolute atomic E-state index is 0.100. The van der Waals surface area contributed by atoms with Gasteiger partial charge in [0.15, 0.2) is 17.3 Å². The van der Waals surface area contributed by atoms with E-state index in [2.05, 4.69) is 21.0 Å².